The number of carboxylic acids is 1. The first-order valence-corrected chi connectivity index (χ1v) is 7.44. The van der Waals surface area contributed by atoms with Gasteiger partial charge >= 0.3 is 5.97 Å². The largest absolute Gasteiger partial charge is 0.479 e. The Bertz CT molecular complexity index is 376. The van der Waals surface area contributed by atoms with E-state index in [1.807, 2.05) is 27.7 Å². The second kappa shape index (κ2) is 6.12. The summed E-state index contributed by atoms with van der Waals surface area (Å²) in [5, 5.41) is 9.58. The zero-order valence-electron chi connectivity index (χ0n) is 13.1. The molecule has 0 aromatic heterocycles. The van der Waals surface area contributed by atoms with Crippen LogP contribution in [0.3, 0.4) is 0 Å². The van der Waals surface area contributed by atoms with Crippen molar-refractivity contribution in [2.24, 2.45) is 11.1 Å². The van der Waals surface area contributed by atoms with Gasteiger partial charge in [0, 0.05) is 19.0 Å². The zero-order valence-corrected chi connectivity index (χ0v) is 13.1. The summed E-state index contributed by atoms with van der Waals surface area (Å²) in [7, 11) is 0. The van der Waals surface area contributed by atoms with Crippen LogP contribution in [0.2, 0.25) is 0 Å². The van der Waals surface area contributed by atoms with Crippen LogP contribution >= 0.6 is 0 Å². The molecule has 1 fully saturated rings. The molecule has 0 aromatic carbocycles. The van der Waals surface area contributed by atoms with E-state index in [9.17, 15) is 14.7 Å². The van der Waals surface area contributed by atoms with Gasteiger partial charge in [0.05, 0.1) is 0 Å². The molecule has 116 valence electrons. The van der Waals surface area contributed by atoms with Crippen LogP contribution < -0.4 is 5.73 Å². The van der Waals surface area contributed by atoms with E-state index in [-0.39, 0.29) is 23.8 Å². The van der Waals surface area contributed by atoms with Gasteiger partial charge in [0.25, 0.3) is 0 Å². The lowest BCUT2D eigenvalue weighted by Crippen LogP contribution is -2.54. The third-order valence-corrected chi connectivity index (χ3v) is 4.36. The van der Waals surface area contributed by atoms with Crippen LogP contribution in [0, 0.1) is 5.41 Å². The maximum Gasteiger partial charge on any atom is 0.329 e. The molecule has 1 saturated heterocycles. The monoisotopic (exact) mass is 284 g/mol. The van der Waals surface area contributed by atoms with E-state index >= 15 is 0 Å². The maximum absolute atomic E-state index is 12.5. The maximum atomic E-state index is 12.5. The molecule has 1 aliphatic rings. The van der Waals surface area contributed by atoms with Crippen LogP contribution in [0.4, 0.5) is 0 Å². The fourth-order valence-corrected chi connectivity index (χ4v) is 2.85. The second-order valence-electron chi connectivity index (χ2n) is 6.91. The van der Waals surface area contributed by atoms with Gasteiger partial charge in [-0.25, -0.2) is 4.79 Å². The van der Waals surface area contributed by atoms with Crippen LogP contribution in [0.5, 0.6) is 0 Å². The molecule has 0 radical (unpaired) electrons. The van der Waals surface area contributed by atoms with Gasteiger partial charge in [-0.1, -0.05) is 34.1 Å². The van der Waals surface area contributed by atoms with E-state index in [2.05, 4.69) is 0 Å². The topological polar surface area (TPSA) is 83.6 Å². The number of hydrogen-bond donors (Lipinski definition) is 2. The first-order chi connectivity index (χ1) is 9.15. The molecule has 5 heteroatoms. The number of hydrogen-bond acceptors (Lipinski definition) is 3. The molecule has 5 nitrogen and oxygen atoms in total. The Morgan fingerprint density at radius 1 is 1.40 bits per heavy atom. The molecule has 1 amide bonds. The molecular formula is C15H28N2O3. The second-order valence-corrected chi connectivity index (χ2v) is 6.91. The normalized spacial score (nSPS) is 24.8. The van der Waals surface area contributed by atoms with Gasteiger partial charge in [-0.3, -0.25) is 4.79 Å². The van der Waals surface area contributed by atoms with Gasteiger partial charge in [-0.2, -0.15) is 0 Å². The molecule has 1 aliphatic heterocycles. The average Bonchev–Trinajstić information content (AvgIpc) is 2.73. The molecule has 2 unspecified atom stereocenters. The first kappa shape index (κ1) is 17.0. The standard InChI is InChI=1S/C15H28N2O3/c1-5-7-15(13(19)20)8-6-9-17(15)12(18)10-11(16)14(2,3)4/h11H,5-10,16H2,1-4H3,(H,19,20). The summed E-state index contributed by atoms with van der Waals surface area (Å²) >= 11 is 0. The van der Waals surface area contributed by atoms with E-state index in [0.717, 1.165) is 12.8 Å². The molecule has 2 atom stereocenters. The van der Waals surface area contributed by atoms with Crippen molar-refractivity contribution in [1.82, 2.24) is 4.90 Å². The molecule has 0 bridgehead atoms. The Morgan fingerprint density at radius 2 is 2.00 bits per heavy atom. The van der Waals surface area contributed by atoms with E-state index in [4.69, 9.17) is 5.73 Å². The van der Waals surface area contributed by atoms with Gasteiger partial charge in [0.2, 0.25) is 5.91 Å². The van der Waals surface area contributed by atoms with Crippen LogP contribution in [0.25, 0.3) is 0 Å². The number of carbonyl (C=O) groups excluding carboxylic acids is 1. The molecule has 0 aliphatic carbocycles. The van der Waals surface area contributed by atoms with Crippen LogP contribution in [0.1, 0.15) is 59.8 Å². The minimum Gasteiger partial charge on any atom is -0.479 e. The summed E-state index contributed by atoms with van der Waals surface area (Å²) in [6.45, 7) is 8.46. The van der Waals surface area contributed by atoms with Crippen molar-refractivity contribution in [3.05, 3.63) is 0 Å². The lowest BCUT2D eigenvalue weighted by atomic mass is 9.84. The van der Waals surface area contributed by atoms with E-state index in [1.165, 1.54) is 0 Å². The van der Waals surface area contributed by atoms with Crippen molar-refractivity contribution in [3.8, 4) is 0 Å². The zero-order chi connectivity index (χ0) is 15.6. The minimum atomic E-state index is -1.01. The first-order valence-electron chi connectivity index (χ1n) is 7.44. The van der Waals surface area contributed by atoms with Crippen LogP contribution in [-0.2, 0) is 9.59 Å². The number of rotatable bonds is 5. The number of amides is 1. The number of likely N-dealkylation sites (tertiary alicyclic amines) is 1. The van der Waals surface area contributed by atoms with Gasteiger partial charge in [-0.05, 0) is 24.7 Å². The molecule has 20 heavy (non-hydrogen) atoms. The van der Waals surface area contributed by atoms with Crippen LogP contribution in [-0.4, -0.2) is 40.0 Å². The van der Waals surface area contributed by atoms with Crippen molar-refractivity contribution >= 4 is 11.9 Å². The summed E-state index contributed by atoms with van der Waals surface area (Å²) < 4.78 is 0. The summed E-state index contributed by atoms with van der Waals surface area (Å²) in [5.74, 6) is -1.00. The fraction of sp³-hybridized carbons (Fsp3) is 0.867. The highest BCUT2D eigenvalue weighted by atomic mass is 16.4. The Labute approximate surface area is 121 Å². The van der Waals surface area contributed by atoms with Gasteiger partial charge in [0.15, 0.2) is 0 Å². The van der Waals surface area contributed by atoms with Crippen molar-refractivity contribution in [3.63, 3.8) is 0 Å². The quantitative estimate of drug-likeness (QED) is 0.808. The Kier molecular flexibility index (Phi) is 5.19. The molecule has 3 N–H and O–H groups in total. The summed E-state index contributed by atoms with van der Waals surface area (Å²) in [6.07, 6.45) is 2.78. The Hall–Kier alpha value is -1.10. The molecule has 0 aromatic rings. The predicted octanol–water partition coefficient (Wildman–Crippen LogP) is 2.00. The van der Waals surface area contributed by atoms with E-state index in [1.54, 1.807) is 4.90 Å². The third-order valence-electron chi connectivity index (χ3n) is 4.36. The lowest BCUT2D eigenvalue weighted by molar-refractivity contribution is -0.157. The Morgan fingerprint density at radius 3 is 2.45 bits per heavy atom. The average molecular weight is 284 g/mol. The molecule has 0 saturated carbocycles. The van der Waals surface area contributed by atoms with Crippen molar-refractivity contribution in [2.75, 3.05) is 6.54 Å². The van der Waals surface area contributed by atoms with Crippen molar-refractivity contribution < 1.29 is 14.7 Å². The molecule has 0 spiro atoms. The van der Waals surface area contributed by atoms with Gasteiger partial charge in [0.1, 0.15) is 5.54 Å². The van der Waals surface area contributed by atoms with Crippen molar-refractivity contribution in [2.45, 2.75) is 71.4 Å². The summed E-state index contributed by atoms with van der Waals surface area (Å²) in [6, 6.07) is -0.260. The highest BCUT2D eigenvalue weighted by molar-refractivity contribution is 5.88. The summed E-state index contributed by atoms with van der Waals surface area (Å²) in [4.78, 5) is 25.7. The molecular weight excluding hydrogens is 256 g/mol. The number of nitrogens with zero attached hydrogens (tertiary/aromatic N) is 1. The highest BCUT2D eigenvalue weighted by Crippen LogP contribution is 2.35. The molecule has 1 rings (SSSR count). The van der Waals surface area contributed by atoms with Gasteiger partial charge < -0.3 is 15.7 Å². The number of aliphatic carboxylic acids is 1. The number of nitrogens with two attached hydrogens (primary N) is 1. The van der Waals surface area contributed by atoms with E-state index in [0.29, 0.717) is 19.4 Å². The highest BCUT2D eigenvalue weighted by Gasteiger charge is 2.49. The van der Waals surface area contributed by atoms with Crippen molar-refractivity contribution in [1.29, 1.82) is 0 Å². The summed E-state index contributed by atoms with van der Waals surface area (Å²) in [5.41, 5.74) is 4.89. The SMILES string of the molecule is CCCC1(C(=O)O)CCCN1C(=O)CC(N)C(C)(C)C. The molecule has 1 heterocycles. The third kappa shape index (κ3) is 3.32. The van der Waals surface area contributed by atoms with Crippen LogP contribution in [0.15, 0.2) is 0 Å². The Balaban J connectivity index is 2.88. The van der Waals surface area contributed by atoms with E-state index < -0.39 is 11.5 Å². The fourth-order valence-electron chi connectivity index (χ4n) is 2.85. The van der Waals surface area contributed by atoms with Gasteiger partial charge in [-0.15, -0.1) is 0 Å². The minimum absolute atomic E-state index is 0.124. The smallest absolute Gasteiger partial charge is 0.329 e. The predicted molar refractivity (Wildman–Crippen MR) is 78.3 cm³/mol. The number of carbonyl (C=O) groups is 2. The number of carboxylic acid groups (broad SMARTS) is 1. The lowest BCUT2D eigenvalue weighted by Gasteiger charge is -2.36.